The number of alkyl halides is 3. The Morgan fingerprint density at radius 2 is 1.74 bits per heavy atom. The first-order chi connectivity index (χ1) is 12.6. The number of urea groups is 1. The Kier molecular flexibility index (Phi) is 6.27. The zero-order chi connectivity index (χ0) is 20.0. The smallest absolute Gasteiger partial charge is 0.404 e. The molecule has 1 atom stereocenters. The van der Waals surface area contributed by atoms with Crippen LogP contribution in [0.3, 0.4) is 0 Å². The monoisotopic (exact) mass is 381 g/mol. The second kappa shape index (κ2) is 8.43. The number of anilines is 2. The molecule has 0 heterocycles. The van der Waals surface area contributed by atoms with Crippen molar-refractivity contribution in [2.75, 3.05) is 10.6 Å². The number of benzene rings is 2. The van der Waals surface area contributed by atoms with Crippen LogP contribution >= 0.6 is 0 Å². The van der Waals surface area contributed by atoms with Crippen LogP contribution in [0.25, 0.3) is 0 Å². The number of hydrogen-bond acceptors (Lipinski definition) is 3. The summed E-state index contributed by atoms with van der Waals surface area (Å²) in [5.74, 6) is -0.743. The van der Waals surface area contributed by atoms with Gasteiger partial charge in [0.15, 0.2) is 5.75 Å². The van der Waals surface area contributed by atoms with E-state index in [9.17, 15) is 22.8 Å². The number of halogens is 3. The van der Waals surface area contributed by atoms with Gasteiger partial charge in [-0.2, -0.15) is 0 Å². The lowest BCUT2D eigenvalue weighted by molar-refractivity contribution is -0.274. The Hall–Kier alpha value is -3.23. The molecule has 144 valence electrons. The van der Waals surface area contributed by atoms with Gasteiger partial charge in [0.25, 0.3) is 0 Å². The van der Waals surface area contributed by atoms with E-state index >= 15 is 0 Å². The highest BCUT2D eigenvalue weighted by Crippen LogP contribution is 2.30. The Morgan fingerprint density at radius 3 is 2.41 bits per heavy atom. The first-order valence-corrected chi connectivity index (χ1v) is 7.94. The second-order valence-electron chi connectivity index (χ2n) is 5.67. The summed E-state index contributed by atoms with van der Waals surface area (Å²) < 4.78 is 41.2. The molecule has 0 saturated carbocycles. The SMILES string of the molecule is CC(=O)Nc1cccc([C@@H](C)NC(=O)Nc2ccccc2OC(F)(F)F)c1. The van der Waals surface area contributed by atoms with Crippen molar-refractivity contribution in [1.82, 2.24) is 5.32 Å². The van der Waals surface area contributed by atoms with Crippen molar-refractivity contribution in [3.63, 3.8) is 0 Å². The summed E-state index contributed by atoms with van der Waals surface area (Å²) in [6, 6.07) is 10.9. The van der Waals surface area contributed by atoms with Gasteiger partial charge < -0.3 is 20.7 Å². The maximum atomic E-state index is 12.4. The predicted molar refractivity (Wildman–Crippen MR) is 94.4 cm³/mol. The molecule has 0 aliphatic carbocycles. The van der Waals surface area contributed by atoms with Crippen molar-refractivity contribution in [2.45, 2.75) is 26.3 Å². The number of rotatable bonds is 5. The minimum atomic E-state index is -4.87. The van der Waals surface area contributed by atoms with Crippen LogP contribution in [0.5, 0.6) is 5.75 Å². The van der Waals surface area contributed by atoms with Crippen molar-refractivity contribution in [3.05, 3.63) is 54.1 Å². The van der Waals surface area contributed by atoms with Crippen LogP contribution in [0.4, 0.5) is 29.3 Å². The van der Waals surface area contributed by atoms with Crippen molar-refractivity contribution < 1.29 is 27.5 Å². The lowest BCUT2D eigenvalue weighted by Gasteiger charge is -2.18. The zero-order valence-electron chi connectivity index (χ0n) is 14.6. The number of amides is 3. The summed E-state index contributed by atoms with van der Waals surface area (Å²) in [6.07, 6.45) is -4.87. The fraction of sp³-hybridized carbons (Fsp3) is 0.222. The number of ether oxygens (including phenoxy) is 1. The molecule has 0 radical (unpaired) electrons. The molecule has 3 amide bonds. The standard InChI is InChI=1S/C18H18F3N3O3/c1-11(13-6-5-7-14(10-13)23-12(2)25)22-17(26)24-15-8-3-4-9-16(15)27-18(19,20)21/h3-11H,1-2H3,(H,23,25)(H2,22,24,26)/t11-/m1/s1. The van der Waals surface area contributed by atoms with Gasteiger partial charge in [0.2, 0.25) is 5.91 Å². The molecule has 0 spiro atoms. The van der Waals surface area contributed by atoms with Gasteiger partial charge in [0.1, 0.15) is 0 Å². The van der Waals surface area contributed by atoms with Gasteiger partial charge in [0.05, 0.1) is 11.7 Å². The molecule has 2 aromatic carbocycles. The van der Waals surface area contributed by atoms with Crippen molar-refractivity contribution >= 4 is 23.3 Å². The molecular formula is C18H18F3N3O3. The van der Waals surface area contributed by atoms with Crippen molar-refractivity contribution in [2.24, 2.45) is 0 Å². The second-order valence-corrected chi connectivity index (χ2v) is 5.67. The number of hydrogen-bond donors (Lipinski definition) is 3. The van der Waals surface area contributed by atoms with Crippen LogP contribution in [-0.2, 0) is 4.79 Å². The molecule has 27 heavy (non-hydrogen) atoms. The van der Waals surface area contributed by atoms with E-state index in [4.69, 9.17) is 0 Å². The molecule has 0 aromatic heterocycles. The normalized spacial score (nSPS) is 12.0. The Labute approximate surface area is 153 Å². The van der Waals surface area contributed by atoms with Crippen LogP contribution in [0.2, 0.25) is 0 Å². The summed E-state index contributed by atoms with van der Waals surface area (Å²) in [4.78, 5) is 23.3. The van der Waals surface area contributed by atoms with Gasteiger partial charge >= 0.3 is 12.4 Å². The van der Waals surface area contributed by atoms with Crippen LogP contribution in [-0.4, -0.2) is 18.3 Å². The fourth-order valence-electron chi connectivity index (χ4n) is 2.31. The maximum absolute atomic E-state index is 12.4. The molecular weight excluding hydrogens is 363 g/mol. The average Bonchev–Trinajstić information content (AvgIpc) is 2.55. The first-order valence-electron chi connectivity index (χ1n) is 7.94. The zero-order valence-corrected chi connectivity index (χ0v) is 14.6. The largest absolute Gasteiger partial charge is 0.573 e. The van der Waals surface area contributed by atoms with E-state index in [1.165, 1.54) is 25.1 Å². The van der Waals surface area contributed by atoms with E-state index in [0.29, 0.717) is 11.3 Å². The van der Waals surface area contributed by atoms with E-state index < -0.39 is 24.2 Å². The van der Waals surface area contributed by atoms with E-state index in [1.54, 1.807) is 31.2 Å². The minimum absolute atomic E-state index is 0.119. The summed E-state index contributed by atoms with van der Waals surface area (Å²) in [7, 11) is 0. The third-order valence-electron chi connectivity index (χ3n) is 3.42. The molecule has 0 saturated heterocycles. The molecule has 0 aliphatic heterocycles. The van der Waals surface area contributed by atoms with E-state index in [0.717, 1.165) is 6.07 Å². The fourth-order valence-corrected chi connectivity index (χ4v) is 2.31. The van der Waals surface area contributed by atoms with E-state index in [1.807, 2.05) is 0 Å². The molecule has 9 heteroatoms. The molecule has 0 unspecified atom stereocenters. The number of para-hydroxylation sites is 2. The highest BCUT2D eigenvalue weighted by atomic mass is 19.4. The lowest BCUT2D eigenvalue weighted by Crippen LogP contribution is -2.31. The predicted octanol–water partition coefficient (Wildman–Crippen LogP) is 4.43. The van der Waals surface area contributed by atoms with Gasteiger partial charge in [-0.1, -0.05) is 24.3 Å². The molecule has 2 aromatic rings. The number of carbonyl (C=O) groups excluding carboxylic acids is 2. The van der Waals surface area contributed by atoms with Crippen molar-refractivity contribution in [3.8, 4) is 5.75 Å². The first kappa shape index (κ1) is 20.1. The Morgan fingerprint density at radius 1 is 1.04 bits per heavy atom. The summed E-state index contributed by atoms with van der Waals surface area (Å²) in [6.45, 7) is 3.08. The summed E-state index contributed by atoms with van der Waals surface area (Å²) in [5, 5.41) is 7.58. The van der Waals surface area contributed by atoms with E-state index in [-0.39, 0.29) is 11.6 Å². The minimum Gasteiger partial charge on any atom is -0.404 e. The highest BCUT2D eigenvalue weighted by molar-refractivity contribution is 5.91. The van der Waals surface area contributed by atoms with Gasteiger partial charge in [0, 0.05) is 12.6 Å². The van der Waals surface area contributed by atoms with Crippen LogP contribution in [0, 0.1) is 0 Å². The number of carbonyl (C=O) groups is 2. The Bertz CT molecular complexity index is 825. The van der Waals surface area contributed by atoms with Crippen molar-refractivity contribution in [1.29, 1.82) is 0 Å². The van der Waals surface area contributed by atoms with Gasteiger partial charge in [-0.15, -0.1) is 13.2 Å². The van der Waals surface area contributed by atoms with E-state index in [2.05, 4.69) is 20.7 Å². The topological polar surface area (TPSA) is 79.5 Å². The summed E-state index contributed by atoms with van der Waals surface area (Å²) in [5.41, 5.74) is 1.15. The highest BCUT2D eigenvalue weighted by Gasteiger charge is 2.32. The van der Waals surface area contributed by atoms with Gasteiger partial charge in [-0.25, -0.2) is 4.79 Å². The maximum Gasteiger partial charge on any atom is 0.573 e. The quantitative estimate of drug-likeness (QED) is 0.717. The van der Waals surface area contributed by atoms with Crippen LogP contribution < -0.4 is 20.7 Å². The molecule has 0 fully saturated rings. The Balaban J connectivity index is 2.05. The average molecular weight is 381 g/mol. The van der Waals surface area contributed by atoms with Crippen LogP contribution in [0.1, 0.15) is 25.5 Å². The summed E-state index contributed by atoms with van der Waals surface area (Å²) >= 11 is 0. The van der Waals surface area contributed by atoms with Gasteiger partial charge in [-0.3, -0.25) is 4.79 Å². The lowest BCUT2D eigenvalue weighted by atomic mass is 10.1. The molecule has 0 bridgehead atoms. The molecule has 2 rings (SSSR count). The van der Waals surface area contributed by atoms with Crippen LogP contribution in [0.15, 0.2) is 48.5 Å². The van der Waals surface area contributed by atoms with Gasteiger partial charge in [-0.05, 0) is 36.8 Å². The third-order valence-corrected chi connectivity index (χ3v) is 3.42. The number of nitrogens with one attached hydrogen (secondary N) is 3. The molecule has 3 N–H and O–H groups in total. The third kappa shape index (κ3) is 6.53. The molecule has 0 aliphatic rings. The molecule has 6 nitrogen and oxygen atoms in total.